The number of amides is 1. The molecule has 3 aliphatic heterocycles. The summed E-state index contributed by atoms with van der Waals surface area (Å²) in [6.07, 6.45) is -0.620. The minimum Gasteiger partial charge on any atom is -0.388 e. The first kappa shape index (κ1) is 28.6. The SMILES string of the molecule is CCOC1C(n2cc(-c3cc(F)c(F)c(F)c3)nn2)[C@H]2OCC(O)C2O[C@@H]1Sc1cc(Br)ccc1C(=O)N1CCC1. The molecule has 41 heavy (non-hydrogen) atoms. The molecule has 0 saturated carbocycles. The Bertz CT molecular complexity index is 1440. The molecule has 3 aromatic rings. The van der Waals surface area contributed by atoms with Crippen molar-refractivity contribution in [1.29, 1.82) is 0 Å². The zero-order chi connectivity index (χ0) is 28.8. The quantitative estimate of drug-likeness (QED) is 0.379. The first-order valence-electron chi connectivity index (χ1n) is 13.1. The zero-order valence-corrected chi connectivity index (χ0v) is 24.2. The van der Waals surface area contributed by atoms with Crippen LogP contribution in [0.1, 0.15) is 29.7 Å². The van der Waals surface area contributed by atoms with E-state index < -0.39 is 53.3 Å². The van der Waals surface area contributed by atoms with Crippen molar-refractivity contribution in [3.8, 4) is 11.3 Å². The van der Waals surface area contributed by atoms with Gasteiger partial charge >= 0.3 is 0 Å². The van der Waals surface area contributed by atoms with E-state index in [0.717, 1.165) is 23.0 Å². The minimum atomic E-state index is -1.57. The predicted octanol–water partition coefficient (Wildman–Crippen LogP) is 4.19. The Morgan fingerprint density at radius 1 is 1.20 bits per heavy atom. The van der Waals surface area contributed by atoms with Gasteiger partial charge in [0.25, 0.3) is 5.91 Å². The van der Waals surface area contributed by atoms with Gasteiger partial charge in [-0.25, -0.2) is 17.9 Å². The lowest BCUT2D eigenvalue weighted by Gasteiger charge is -2.43. The molecule has 3 aliphatic rings. The van der Waals surface area contributed by atoms with Crippen LogP contribution in [0.3, 0.4) is 0 Å². The van der Waals surface area contributed by atoms with Gasteiger partial charge in [-0.1, -0.05) is 32.9 Å². The van der Waals surface area contributed by atoms with Crippen LogP contribution in [-0.2, 0) is 14.2 Å². The Morgan fingerprint density at radius 2 is 1.95 bits per heavy atom. The standard InChI is InChI=1S/C27H26BrF3N4O5S/c1-2-38-25-22(35-11-18(32-33-35)13-8-16(29)21(31)17(30)9-13)24-23(19(36)12-39-24)40-27(25)41-20-10-14(28)4-5-15(20)26(37)34-6-3-7-34/h4-5,8-11,19,22-25,27,36H,2-3,6-7,12H2,1H3/t19?,22?,23?,24-,25?,27-/m1/s1. The third-order valence-corrected chi connectivity index (χ3v) is 9.11. The lowest BCUT2D eigenvalue weighted by atomic mass is 9.95. The summed E-state index contributed by atoms with van der Waals surface area (Å²) in [7, 11) is 0. The molecule has 1 N–H and O–H groups in total. The Morgan fingerprint density at radius 3 is 2.63 bits per heavy atom. The van der Waals surface area contributed by atoms with Gasteiger partial charge in [-0.2, -0.15) is 0 Å². The first-order chi connectivity index (χ1) is 19.7. The van der Waals surface area contributed by atoms with Crippen LogP contribution < -0.4 is 0 Å². The number of carbonyl (C=O) groups excluding carboxylic acids is 1. The van der Waals surface area contributed by atoms with E-state index in [9.17, 15) is 23.1 Å². The second kappa shape index (κ2) is 11.7. The summed E-state index contributed by atoms with van der Waals surface area (Å²) in [5, 5.41) is 19.0. The van der Waals surface area contributed by atoms with Crippen molar-refractivity contribution in [2.45, 2.75) is 54.1 Å². The van der Waals surface area contributed by atoms with Gasteiger partial charge in [-0.05, 0) is 43.7 Å². The summed E-state index contributed by atoms with van der Waals surface area (Å²) < 4.78 is 62.1. The summed E-state index contributed by atoms with van der Waals surface area (Å²) >= 11 is 4.80. The highest BCUT2D eigenvalue weighted by atomic mass is 79.9. The van der Waals surface area contributed by atoms with Gasteiger partial charge in [0.05, 0.1) is 18.4 Å². The van der Waals surface area contributed by atoms with Gasteiger partial charge < -0.3 is 24.2 Å². The van der Waals surface area contributed by atoms with Gasteiger partial charge in [-0.3, -0.25) is 4.79 Å². The molecular weight excluding hydrogens is 629 g/mol. The van der Waals surface area contributed by atoms with E-state index in [1.807, 2.05) is 19.1 Å². The Balaban J connectivity index is 1.36. The topological polar surface area (TPSA) is 98.9 Å². The lowest BCUT2D eigenvalue weighted by molar-refractivity contribution is -0.176. The van der Waals surface area contributed by atoms with Gasteiger partial charge in [-0.15, -0.1) is 5.10 Å². The molecule has 4 heterocycles. The molecule has 3 fully saturated rings. The molecule has 0 radical (unpaired) electrons. The van der Waals surface area contributed by atoms with E-state index in [1.165, 1.54) is 22.6 Å². The number of rotatable bonds is 7. The summed E-state index contributed by atoms with van der Waals surface area (Å²) in [5.41, 5.74) is -0.0609. The molecule has 4 unspecified atom stereocenters. The molecule has 14 heteroatoms. The van der Waals surface area contributed by atoms with Gasteiger partial charge in [0.15, 0.2) is 17.5 Å². The third-order valence-electron chi connectivity index (χ3n) is 7.41. The lowest BCUT2D eigenvalue weighted by Crippen LogP contribution is -2.55. The maximum absolute atomic E-state index is 13.9. The minimum absolute atomic E-state index is 0.00537. The number of aliphatic hydroxyl groups excluding tert-OH is 1. The van der Waals surface area contributed by atoms with Gasteiger partial charge in [0, 0.05) is 34.6 Å². The number of hydrogen-bond donors (Lipinski definition) is 1. The average molecular weight is 655 g/mol. The van der Waals surface area contributed by atoms with Crippen LogP contribution in [-0.4, -0.2) is 87.1 Å². The highest BCUT2D eigenvalue weighted by molar-refractivity contribution is 9.10. The van der Waals surface area contributed by atoms with E-state index in [4.69, 9.17) is 14.2 Å². The van der Waals surface area contributed by atoms with Crippen molar-refractivity contribution in [2.75, 3.05) is 26.3 Å². The number of ether oxygens (including phenoxy) is 3. The van der Waals surface area contributed by atoms with E-state index in [1.54, 1.807) is 11.0 Å². The molecule has 0 aliphatic carbocycles. The fourth-order valence-corrected chi connectivity index (χ4v) is 7.07. The Hall–Kier alpha value is -2.49. The largest absolute Gasteiger partial charge is 0.388 e. The molecule has 1 aromatic heterocycles. The number of hydrogen-bond acceptors (Lipinski definition) is 8. The van der Waals surface area contributed by atoms with Gasteiger partial charge in [0.2, 0.25) is 0 Å². The fraction of sp³-hybridized carbons (Fsp3) is 0.444. The molecule has 0 spiro atoms. The maximum Gasteiger partial charge on any atom is 0.254 e. The van der Waals surface area contributed by atoms with Crippen LogP contribution in [0.25, 0.3) is 11.3 Å². The zero-order valence-electron chi connectivity index (χ0n) is 21.8. The molecule has 1 amide bonds. The summed E-state index contributed by atoms with van der Waals surface area (Å²) in [4.78, 5) is 15.7. The second-order valence-corrected chi connectivity index (χ2v) is 12.0. The maximum atomic E-state index is 13.9. The number of thioether (sulfide) groups is 1. The molecule has 3 saturated heterocycles. The normalized spacial score (nSPS) is 27.5. The van der Waals surface area contributed by atoms with Crippen molar-refractivity contribution in [1.82, 2.24) is 19.9 Å². The van der Waals surface area contributed by atoms with E-state index in [-0.39, 0.29) is 23.8 Å². The molecule has 6 atom stereocenters. The third kappa shape index (κ3) is 5.41. The molecular formula is C27H26BrF3N4O5S. The van der Waals surface area contributed by atoms with E-state index >= 15 is 0 Å². The number of carbonyl (C=O) groups is 1. The van der Waals surface area contributed by atoms with Crippen LogP contribution >= 0.6 is 27.7 Å². The monoisotopic (exact) mass is 654 g/mol. The van der Waals surface area contributed by atoms with Crippen molar-refractivity contribution in [3.63, 3.8) is 0 Å². The fourth-order valence-electron chi connectivity index (χ4n) is 5.27. The number of likely N-dealkylation sites (tertiary alicyclic amines) is 1. The first-order valence-corrected chi connectivity index (χ1v) is 14.8. The van der Waals surface area contributed by atoms with E-state index in [2.05, 4.69) is 26.2 Å². The summed E-state index contributed by atoms with van der Waals surface area (Å²) in [6, 6.07) is 6.45. The molecule has 2 aromatic carbocycles. The van der Waals surface area contributed by atoms with Crippen molar-refractivity contribution in [3.05, 3.63) is 64.0 Å². The second-order valence-electron chi connectivity index (χ2n) is 9.99. The summed E-state index contributed by atoms with van der Waals surface area (Å²) in [6.45, 7) is 3.55. The molecule has 218 valence electrons. The van der Waals surface area contributed by atoms with Gasteiger partial charge in [0.1, 0.15) is 41.6 Å². The Kier molecular flexibility index (Phi) is 8.13. The average Bonchev–Trinajstić information content (AvgIpc) is 3.54. The number of nitrogens with zero attached hydrogens (tertiary/aromatic N) is 4. The van der Waals surface area contributed by atoms with Crippen LogP contribution in [0.2, 0.25) is 0 Å². The number of aromatic nitrogens is 3. The molecule has 6 rings (SSSR count). The smallest absolute Gasteiger partial charge is 0.254 e. The number of aliphatic hydroxyl groups is 1. The number of fused-ring (bicyclic) bond motifs is 1. The highest BCUT2D eigenvalue weighted by Gasteiger charge is 2.54. The summed E-state index contributed by atoms with van der Waals surface area (Å²) in [5.74, 6) is -4.33. The molecule has 0 bridgehead atoms. The predicted molar refractivity (Wildman–Crippen MR) is 145 cm³/mol. The highest BCUT2D eigenvalue weighted by Crippen LogP contribution is 2.45. The van der Waals surface area contributed by atoms with E-state index in [0.29, 0.717) is 30.2 Å². The van der Waals surface area contributed by atoms with Crippen LogP contribution in [0.15, 0.2) is 45.9 Å². The number of benzene rings is 2. The van der Waals surface area contributed by atoms with Crippen LogP contribution in [0.5, 0.6) is 0 Å². The van der Waals surface area contributed by atoms with Crippen molar-refractivity contribution >= 4 is 33.6 Å². The van der Waals surface area contributed by atoms with Crippen molar-refractivity contribution < 1.29 is 37.3 Å². The van der Waals surface area contributed by atoms with Crippen molar-refractivity contribution in [2.24, 2.45) is 0 Å². The van der Waals surface area contributed by atoms with Crippen LogP contribution in [0.4, 0.5) is 13.2 Å². The number of halogens is 4. The molecule has 9 nitrogen and oxygen atoms in total. The Labute approximate surface area is 246 Å². The van der Waals surface area contributed by atoms with Crippen LogP contribution in [0, 0.1) is 17.5 Å².